The van der Waals surface area contributed by atoms with Crippen molar-refractivity contribution in [1.82, 2.24) is 10.2 Å². The molecule has 2 amide bonds. The van der Waals surface area contributed by atoms with Crippen LogP contribution in [0.3, 0.4) is 0 Å². The molecule has 0 saturated carbocycles. The first kappa shape index (κ1) is 18.4. The molecule has 2 aliphatic heterocycles. The second-order valence-electron chi connectivity index (χ2n) is 7.70. The van der Waals surface area contributed by atoms with Gasteiger partial charge in [-0.05, 0) is 63.3 Å². The lowest BCUT2D eigenvalue weighted by Crippen LogP contribution is -2.52. The Morgan fingerprint density at radius 1 is 1.36 bits per heavy atom. The van der Waals surface area contributed by atoms with E-state index in [0.29, 0.717) is 23.9 Å². The molecule has 1 N–H and O–H groups in total. The minimum atomic E-state index is -0.337. The van der Waals surface area contributed by atoms with E-state index >= 15 is 0 Å². The number of piperidine rings is 1. The maximum atomic E-state index is 12.8. The first-order chi connectivity index (χ1) is 12.0. The van der Waals surface area contributed by atoms with Crippen LogP contribution in [-0.2, 0) is 9.53 Å². The molecule has 2 fully saturated rings. The summed E-state index contributed by atoms with van der Waals surface area (Å²) in [5.74, 6) is 0.425. The Kier molecular flexibility index (Phi) is 5.79. The summed E-state index contributed by atoms with van der Waals surface area (Å²) in [4.78, 5) is 27.9. The topological polar surface area (TPSA) is 58.6 Å². The van der Waals surface area contributed by atoms with Crippen LogP contribution in [-0.4, -0.2) is 48.1 Å². The molecular weight excluding hydrogens is 336 g/mol. The van der Waals surface area contributed by atoms with E-state index in [1.807, 2.05) is 17.5 Å². The van der Waals surface area contributed by atoms with Gasteiger partial charge in [-0.1, -0.05) is 6.07 Å². The number of carbonyl (C=O) groups excluding carboxylic acids is 2. The van der Waals surface area contributed by atoms with Crippen LogP contribution < -0.4 is 5.32 Å². The molecule has 2 atom stereocenters. The van der Waals surface area contributed by atoms with Gasteiger partial charge >= 0.3 is 0 Å². The van der Waals surface area contributed by atoms with Crippen molar-refractivity contribution in [2.75, 3.05) is 19.7 Å². The molecule has 0 aliphatic carbocycles. The molecule has 2 saturated heterocycles. The van der Waals surface area contributed by atoms with Crippen molar-refractivity contribution in [3.05, 3.63) is 22.4 Å². The van der Waals surface area contributed by atoms with Gasteiger partial charge in [0.25, 0.3) is 5.91 Å². The standard InChI is InChI=1S/C19H28N2O3S/c1-19(2)12-14(8-10-24-19)13-20-17(22)15-6-3-4-9-21(15)18(23)16-7-5-11-25-16/h5,7,11,14-15H,3-4,6,8-10,12-13H2,1-2H3,(H,20,22). The van der Waals surface area contributed by atoms with Crippen LogP contribution in [0, 0.1) is 5.92 Å². The van der Waals surface area contributed by atoms with Gasteiger partial charge in [0, 0.05) is 19.7 Å². The largest absolute Gasteiger partial charge is 0.376 e. The summed E-state index contributed by atoms with van der Waals surface area (Å²) in [5, 5.41) is 5.01. The lowest BCUT2D eigenvalue weighted by molar-refractivity contribution is -0.127. The van der Waals surface area contributed by atoms with Gasteiger partial charge in [0.05, 0.1) is 10.5 Å². The lowest BCUT2D eigenvalue weighted by Gasteiger charge is -2.37. The number of hydrogen-bond donors (Lipinski definition) is 1. The van der Waals surface area contributed by atoms with Gasteiger partial charge in [-0.15, -0.1) is 11.3 Å². The Hall–Kier alpha value is -1.40. The molecule has 0 bridgehead atoms. The molecule has 3 heterocycles. The Morgan fingerprint density at radius 3 is 2.92 bits per heavy atom. The third-order valence-electron chi connectivity index (χ3n) is 5.16. The van der Waals surface area contributed by atoms with Crippen molar-refractivity contribution in [3.8, 4) is 0 Å². The predicted octanol–water partition coefficient (Wildman–Crippen LogP) is 3.06. The maximum absolute atomic E-state index is 12.8. The molecule has 0 radical (unpaired) electrons. The monoisotopic (exact) mass is 364 g/mol. The number of thiophene rings is 1. The third-order valence-corrected chi connectivity index (χ3v) is 6.02. The second kappa shape index (κ2) is 7.87. The highest BCUT2D eigenvalue weighted by Crippen LogP contribution is 2.28. The summed E-state index contributed by atoms with van der Waals surface area (Å²) in [7, 11) is 0. The number of rotatable bonds is 4. The highest BCUT2D eigenvalue weighted by atomic mass is 32.1. The Labute approximate surface area is 153 Å². The van der Waals surface area contributed by atoms with Crippen molar-refractivity contribution in [2.45, 2.75) is 57.6 Å². The van der Waals surface area contributed by atoms with Crippen LogP contribution >= 0.6 is 11.3 Å². The normalized spacial score (nSPS) is 26.2. The molecule has 3 rings (SSSR count). The predicted molar refractivity (Wildman–Crippen MR) is 98.8 cm³/mol. The molecule has 1 aromatic heterocycles. The SMILES string of the molecule is CC1(C)CC(CNC(=O)C2CCCCN2C(=O)c2cccs2)CCO1. The van der Waals surface area contributed by atoms with Gasteiger partial charge in [0.2, 0.25) is 5.91 Å². The number of likely N-dealkylation sites (tertiary alicyclic amines) is 1. The zero-order chi connectivity index (χ0) is 17.9. The van der Waals surface area contributed by atoms with E-state index in [9.17, 15) is 9.59 Å². The van der Waals surface area contributed by atoms with Crippen LogP contribution in [0.2, 0.25) is 0 Å². The maximum Gasteiger partial charge on any atom is 0.264 e. The number of hydrogen-bond acceptors (Lipinski definition) is 4. The molecule has 25 heavy (non-hydrogen) atoms. The first-order valence-electron chi connectivity index (χ1n) is 9.22. The van der Waals surface area contributed by atoms with E-state index in [-0.39, 0.29) is 23.5 Å². The Balaban J connectivity index is 1.58. The van der Waals surface area contributed by atoms with E-state index in [2.05, 4.69) is 19.2 Å². The molecule has 2 aliphatic rings. The molecule has 5 nitrogen and oxygen atoms in total. The summed E-state index contributed by atoms with van der Waals surface area (Å²) < 4.78 is 5.74. The van der Waals surface area contributed by atoms with Gasteiger partial charge in [-0.25, -0.2) is 0 Å². The average Bonchev–Trinajstić information content (AvgIpc) is 3.13. The van der Waals surface area contributed by atoms with Crippen molar-refractivity contribution in [1.29, 1.82) is 0 Å². The highest BCUT2D eigenvalue weighted by Gasteiger charge is 2.34. The molecule has 138 valence electrons. The lowest BCUT2D eigenvalue weighted by atomic mass is 9.88. The number of nitrogens with zero attached hydrogens (tertiary/aromatic N) is 1. The summed E-state index contributed by atoms with van der Waals surface area (Å²) in [6.45, 7) is 6.29. The van der Waals surface area contributed by atoms with Crippen molar-refractivity contribution in [3.63, 3.8) is 0 Å². The average molecular weight is 365 g/mol. The number of carbonyl (C=O) groups is 2. The van der Waals surface area contributed by atoms with Crippen molar-refractivity contribution in [2.24, 2.45) is 5.92 Å². The number of nitrogens with one attached hydrogen (secondary N) is 1. The second-order valence-corrected chi connectivity index (χ2v) is 8.65. The summed E-state index contributed by atoms with van der Waals surface area (Å²) in [6.07, 6.45) is 4.65. The third kappa shape index (κ3) is 4.61. The van der Waals surface area contributed by atoms with E-state index in [4.69, 9.17) is 4.74 Å². The number of amides is 2. The van der Waals surface area contributed by atoms with E-state index < -0.39 is 0 Å². The molecule has 6 heteroatoms. The van der Waals surface area contributed by atoms with Crippen LogP contribution in [0.15, 0.2) is 17.5 Å². The molecule has 0 spiro atoms. The molecule has 1 aromatic rings. The zero-order valence-corrected chi connectivity index (χ0v) is 15.9. The fourth-order valence-electron chi connectivity index (χ4n) is 3.88. The van der Waals surface area contributed by atoms with Crippen LogP contribution in [0.1, 0.15) is 55.6 Å². The van der Waals surface area contributed by atoms with Crippen LogP contribution in [0.5, 0.6) is 0 Å². The minimum Gasteiger partial charge on any atom is -0.376 e. The smallest absolute Gasteiger partial charge is 0.264 e. The van der Waals surface area contributed by atoms with E-state index in [1.54, 1.807) is 4.90 Å². The van der Waals surface area contributed by atoms with E-state index in [1.165, 1.54) is 11.3 Å². The molecule has 0 aromatic carbocycles. The fraction of sp³-hybridized carbons (Fsp3) is 0.684. The van der Waals surface area contributed by atoms with Crippen LogP contribution in [0.4, 0.5) is 0 Å². The summed E-state index contributed by atoms with van der Waals surface area (Å²) >= 11 is 1.44. The van der Waals surface area contributed by atoms with Gasteiger partial charge < -0.3 is 15.0 Å². The van der Waals surface area contributed by atoms with E-state index in [0.717, 1.165) is 38.7 Å². The highest BCUT2D eigenvalue weighted by molar-refractivity contribution is 7.12. The zero-order valence-electron chi connectivity index (χ0n) is 15.1. The fourth-order valence-corrected chi connectivity index (χ4v) is 4.56. The molecule has 2 unspecified atom stereocenters. The Morgan fingerprint density at radius 2 is 2.20 bits per heavy atom. The Bertz CT molecular complexity index is 600. The van der Waals surface area contributed by atoms with Gasteiger partial charge in [0.15, 0.2) is 0 Å². The van der Waals surface area contributed by atoms with Crippen molar-refractivity contribution < 1.29 is 14.3 Å². The summed E-state index contributed by atoms with van der Waals surface area (Å²) in [5.41, 5.74) is -0.111. The van der Waals surface area contributed by atoms with Gasteiger partial charge in [-0.2, -0.15) is 0 Å². The number of ether oxygens (including phenoxy) is 1. The first-order valence-corrected chi connectivity index (χ1v) is 10.1. The van der Waals surface area contributed by atoms with Crippen molar-refractivity contribution >= 4 is 23.2 Å². The van der Waals surface area contributed by atoms with Gasteiger partial charge in [0.1, 0.15) is 6.04 Å². The minimum absolute atomic E-state index is 0.00564. The quantitative estimate of drug-likeness (QED) is 0.893. The summed E-state index contributed by atoms with van der Waals surface area (Å²) in [6, 6.07) is 3.38. The van der Waals surface area contributed by atoms with Crippen LogP contribution in [0.25, 0.3) is 0 Å². The molecular formula is C19H28N2O3S. The van der Waals surface area contributed by atoms with Gasteiger partial charge in [-0.3, -0.25) is 9.59 Å².